The topological polar surface area (TPSA) is 103 Å². The number of carbonyl (C=O) groups is 1. The number of anilines is 2. The fraction of sp³-hybridized carbons (Fsp3) is 0.444. The predicted molar refractivity (Wildman–Crippen MR) is 138 cm³/mol. The van der Waals surface area contributed by atoms with Gasteiger partial charge in [0.25, 0.3) is 0 Å². The zero-order chi connectivity index (χ0) is 24.2. The quantitative estimate of drug-likeness (QED) is 0.572. The molecule has 2 fully saturated rings. The Bertz CT molecular complexity index is 1200. The number of nitrogens with one attached hydrogen (secondary N) is 1. The van der Waals surface area contributed by atoms with Gasteiger partial charge in [0, 0.05) is 74.7 Å². The summed E-state index contributed by atoms with van der Waals surface area (Å²) >= 11 is 0. The number of nitrogens with two attached hydrogens (primary N) is 1. The molecule has 3 aromatic rings. The van der Waals surface area contributed by atoms with E-state index in [4.69, 9.17) is 11.0 Å². The Kier molecular flexibility index (Phi) is 6.87. The molecular formula is C27H33N7O. The number of hydrogen-bond acceptors (Lipinski definition) is 6. The molecule has 0 unspecified atom stereocenters. The van der Waals surface area contributed by atoms with Crippen molar-refractivity contribution in [1.82, 2.24) is 14.5 Å². The predicted octanol–water partition coefficient (Wildman–Crippen LogP) is 3.35. The highest BCUT2D eigenvalue weighted by Crippen LogP contribution is 2.32. The minimum atomic E-state index is 0.0869. The third-order valence-electron chi connectivity index (χ3n) is 7.37. The molecular weight excluding hydrogens is 438 g/mol. The highest BCUT2D eigenvalue weighted by molar-refractivity contribution is 5.81. The van der Waals surface area contributed by atoms with Gasteiger partial charge in [-0.15, -0.1) is 0 Å². The molecule has 1 aromatic carbocycles. The highest BCUT2D eigenvalue weighted by Gasteiger charge is 2.31. The van der Waals surface area contributed by atoms with Crippen molar-refractivity contribution < 1.29 is 4.79 Å². The van der Waals surface area contributed by atoms with Crippen LogP contribution >= 0.6 is 0 Å². The summed E-state index contributed by atoms with van der Waals surface area (Å²) in [7, 11) is 0. The molecule has 8 heteroatoms. The van der Waals surface area contributed by atoms with Crippen LogP contribution in [0.25, 0.3) is 16.6 Å². The number of fused-ring (bicyclic) bond motifs is 1. The van der Waals surface area contributed by atoms with Crippen molar-refractivity contribution in [1.29, 1.82) is 5.26 Å². The molecule has 0 spiro atoms. The second-order valence-corrected chi connectivity index (χ2v) is 9.56. The second-order valence-electron chi connectivity index (χ2n) is 9.56. The van der Waals surface area contributed by atoms with E-state index >= 15 is 0 Å². The molecule has 0 atom stereocenters. The van der Waals surface area contributed by atoms with Crippen LogP contribution in [0.4, 0.5) is 11.4 Å². The maximum Gasteiger partial charge on any atom is 0.225 e. The van der Waals surface area contributed by atoms with Crippen LogP contribution in [0, 0.1) is 23.2 Å². The lowest BCUT2D eigenvalue weighted by Gasteiger charge is -2.38. The maximum atomic E-state index is 13.0. The molecule has 0 bridgehead atoms. The molecule has 3 N–H and O–H groups in total. The SMILES string of the molecule is N#C[C@H]1CC[C@H](C(=O)N2CCN(c3ccnn4cc(-c5ccc(NCCN)cc5)cc34)CC2)CC1. The van der Waals surface area contributed by atoms with Crippen molar-refractivity contribution in [3.63, 3.8) is 0 Å². The van der Waals surface area contributed by atoms with Gasteiger partial charge in [-0.2, -0.15) is 10.4 Å². The zero-order valence-corrected chi connectivity index (χ0v) is 20.1. The Labute approximate surface area is 206 Å². The number of nitrogens with zero attached hydrogens (tertiary/aromatic N) is 5. The lowest BCUT2D eigenvalue weighted by atomic mass is 9.82. The van der Waals surface area contributed by atoms with E-state index in [-0.39, 0.29) is 17.7 Å². The van der Waals surface area contributed by atoms with E-state index in [0.29, 0.717) is 6.54 Å². The molecule has 2 aliphatic rings. The number of aromatic nitrogens is 2. The second kappa shape index (κ2) is 10.4. The van der Waals surface area contributed by atoms with Crippen LogP contribution in [0.5, 0.6) is 0 Å². The average Bonchev–Trinajstić information content (AvgIpc) is 3.36. The van der Waals surface area contributed by atoms with Gasteiger partial charge in [-0.05, 0) is 55.5 Å². The minimum Gasteiger partial charge on any atom is -0.384 e. The summed E-state index contributed by atoms with van der Waals surface area (Å²) in [5.74, 6) is 0.488. The molecule has 1 amide bonds. The van der Waals surface area contributed by atoms with Crippen molar-refractivity contribution in [2.45, 2.75) is 25.7 Å². The summed E-state index contributed by atoms with van der Waals surface area (Å²) in [5, 5.41) is 17.0. The minimum absolute atomic E-state index is 0.0869. The van der Waals surface area contributed by atoms with Gasteiger partial charge >= 0.3 is 0 Å². The molecule has 1 saturated heterocycles. The number of benzene rings is 1. The lowest BCUT2D eigenvalue weighted by Crippen LogP contribution is -2.50. The van der Waals surface area contributed by atoms with Crippen LogP contribution in [0.3, 0.4) is 0 Å². The summed E-state index contributed by atoms with van der Waals surface area (Å²) in [6.45, 7) is 4.44. The summed E-state index contributed by atoms with van der Waals surface area (Å²) in [6, 6.07) is 15.0. The molecule has 1 aliphatic heterocycles. The van der Waals surface area contributed by atoms with E-state index in [0.717, 1.165) is 86.4 Å². The van der Waals surface area contributed by atoms with Crippen molar-refractivity contribution in [3.05, 3.63) is 48.8 Å². The molecule has 35 heavy (non-hydrogen) atoms. The maximum absolute atomic E-state index is 13.0. The van der Waals surface area contributed by atoms with Gasteiger partial charge < -0.3 is 20.9 Å². The van der Waals surface area contributed by atoms with Crippen molar-refractivity contribution in [2.24, 2.45) is 17.6 Å². The van der Waals surface area contributed by atoms with Crippen LogP contribution in [-0.4, -0.2) is 59.7 Å². The fourth-order valence-corrected chi connectivity index (χ4v) is 5.32. The number of rotatable bonds is 6. The fourth-order valence-electron chi connectivity index (χ4n) is 5.32. The van der Waals surface area contributed by atoms with Crippen LogP contribution < -0.4 is 16.0 Å². The molecule has 1 saturated carbocycles. The van der Waals surface area contributed by atoms with E-state index in [1.165, 1.54) is 0 Å². The zero-order valence-electron chi connectivity index (χ0n) is 20.1. The van der Waals surface area contributed by atoms with Gasteiger partial charge in [0.05, 0.1) is 17.3 Å². The van der Waals surface area contributed by atoms with Crippen molar-refractivity contribution in [3.8, 4) is 17.2 Å². The van der Waals surface area contributed by atoms with Gasteiger partial charge in [0.15, 0.2) is 0 Å². The summed E-state index contributed by atoms with van der Waals surface area (Å²) in [6.07, 6.45) is 7.31. The molecule has 1 aliphatic carbocycles. The molecule has 5 rings (SSSR count). The van der Waals surface area contributed by atoms with E-state index < -0.39 is 0 Å². The van der Waals surface area contributed by atoms with Gasteiger partial charge in [0.2, 0.25) is 5.91 Å². The van der Waals surface area contributed by atoms with Crippen LogP contribution in [0.15, 0.2) is 48.8 Å². The first-order valence-corrected chi connectivity index (χ1v) is 12.6. The monoisotopic (exact) mass is 471 g/mol. The standard InChI is InChI=1S/C27H33N7O/c28-10-12-30-24-7-5-21(6-8-24)23-17-26-25(9-11-31-34(26)19-23)32-13-15-33(16-14-32)27(35)22-3-1-20(18-29)2-4-22/h5-9,11,17,19-20,22,30H,1-4,10,12-16,28H2/t20-,22-. The van der Waals surface area contributed by atoms with Crippen LogP contribution in [-0.2, 0) is 4.79 Å². The van der Waals surface area contributed by atoms with E-state index in [2.05, 4.69) is 64.0 Å². The van der Waals surface area contributed by atoms with E-state index in [9.17, 15) is 4.79 Å². The summed E-state index contributed by atoms with van der Waals surface area (Å²) in [5.41, 5.74) is 11.1. The van der Waals surface area contributed by atoms with E-state index in [1.807, 2.05) is 15.6 Å². The molecule has 0 radical (unpaired) electrons. The van der Waals surface area contributed by atoms with Gasteiger partial charge in [0.1, 0.15) is 0 Å². The third-order valence-corrected chi connectivity index (χ3v) is 7.37. The molecule has 2 aromatic heterocycles. The average molecular weight is 472 g/mol. The first-order chi connectivity index (χ1) is 17.2. The first kappa shape index (κ1) is 23.2. The number of amides is 1. The Morgan fingerprint density at radius 2 is 1.80 bits per heavy atom. The Balaban J connectivity index is 1.26. The highest BCUT2D eigenvalue weighted by atomic mass is 16.2. The number of nitriles is 1. The third kappa shape index (κ3) is 4.96. The Hall–Kier alpha value is -3.57. The number of piperazine rings is 1. The number of hydrogen-bond donors (Lipinski definition) is 2. The number of carbonyl (C=O) groups excluding carboxylic acids is 1. The Morgan fingerprint density at radius 3 is 2.49 bits per heavy atom. The smallest absolute Gasteiger partial charge is 0.225 e. The largest absolute Gasteiger partial charge is 0.384 e. The van der Waals surface area contributed by atoms with Crippen LogP contribution in [0.1, 0.15) is 25.7 Å². The first-order valence-electron chi connectivity index (χ1n) is 12.6. The molecule has 182 valence electrons. The van der Waals surface area contributed by atoms with Gasteiger partial charge in [-0.25, -0.2) is 4.52 Å². The normalized spacial score (nSPS) is 20.6. The Morgan fingerprint density at radius 1 is 1.06 bits per heavy atom. The van der Waals surface area contributed by atoms with Crippen molar-refractivity contribution >= 4 is 22.8 Å². The summed E-state index contributed by atoms with van der Waals surface area (Å²) < 4.78 is 1.94. The van der Waals surface area contributed by atoms with Crippen molar-refractivity contribution in [2.75, 3.05) is 49.5 Å². The van der Waals surface area contributed by atoms with Gasteiger partial charge in [-0.3, -0.25) is 4.79 Å². The molecule has 8 nitrogen and oxygen atoms in total. The van der Waals surface area contributed by atoms with E-state index in [1.54, 1.807) is 0 Å². The van der Waals surface area contributed by atoms with Gasteiger partial charge in [-0.1, -0.05) is 12.1 Å². The molecule has 3 heterocycles. The lowest BCUT2D eigenvalue weighted by molar-refractivity contribution is -0.137. The summed E-state index contributed by atoms with van der Waals surface area (Å²) in [4.78, 5) is 17.4. The van der Waals surface area contributed by atoms with Crippen LogP contribution in [0.2, 0.25) is 0 Å².